The number of amides is 1. The first-order chi connectivity index (χ1) is 9.21. The van der Waals surface area contributed by atoms with Crippen LogP contribution in [0, 0.1) is 0 Å². The summed E-state index contributed by atoms with van der Waals surface area (Å²) in [6.07, 6.45) is 1.44. The van der Waals surface area contributed by atoms with Gasteiger partial charge in [-0.1, -0.05) is 0 Å². The van der Waals surface area contributed by atoms with Crippen molar-refractivity contribution in [3.63, 3.8) is 0 Å². The van der Waals surface area contributed by atoms with Gasteiger partial charge in [0.15, 0.2) is 5.69 Å². The topological polar surface area (TPSA) is 90.4 Å². The van der Waals surface area contributed by atoms with Crippen LogP contribution in [0.1, 0.15) is 28.7 Å². The molecule has 0 fully saturated rings. The third-order valence-corrected chi connectivity index (χ3v) is 3.09. The molecule has 0 aliphatic carbocycles. The van der Waals surface area contributed by atoms with E-state index in [9.17, 15) is 9.59 Å². The van der Waals surface area contributed by atoms with Crippen molar-refractivity contribution >= 4 is 12.4 Å². The largest absolute Gasteiger partial charge is 0.461 e. The van der Waals surface area contributed by atoms with Crippen molar-refractivity contribution in [1.82, 2.24) is 14.7 Å². The number of nitrogens with zero attached hydrogens (tertiary/aromatic N) is 3. The van der Waals surface area contributed by atoms with E-state index in [0.29, 0.717) is 44.9 Å². The fraction of sp³-hybridized carbons (Fsp3) is 0.583. The molecule has 0 radical (unpaired) electrons. The number of carbonyl (C=O) groups excluding carboxylic acids is 2. The second-order valence-corrected chi connectivity index (χ2v) is 4.33. The van der Waals surface area contributed by atoms with E-state index in [1.54, 1.807) is 16.5 Å². The lowest BCUT2D eigenvalue weighted by Gasteiger charge is -2.22. The number of aromatic nitrogens is 2. The molecule has 7 heteroatoms. The lowest BCUT2D eigenvalue weighted by atomic mass is 10.1. The van der Waals surface area contributed by atoms with E-state index in [2.05, 4.69) is 5.10 Å². The van der Waals surface area contributed by atoms with Crippen molar-refractivity contribution in [2.24, 2.45) is 5.73 Å². The molecule has 0 saturated heterocycles. The van der Waals surface area contributed by atoms with E-state index < -0.39 is 5.97 Å². The van der Waals surface area contributed by atoms with Crippen molar-refractivity contribution in [3.8, 4) is 0 Å². The third-order valence-electron chi connectivity index (χ3n) is 3.09. The maximum absolute atomic E-state index is 12.0. The minimum atomic E-state index is -0.405. The Morgan fingerprint density at radius 2 is 2.37 bits per heavy atom. The number of ether oxygens (including phenoxy) is 1. The highest BCUT2D eigenvalue weighted by atomic mass is 16.5. The predicted molar refractivity (Wildman–Crippen MR) is 67.4 cm³/mol. The molecule has 1 aliphatic rings. The Labute approximate surface area is 111 Å². The highest BCUT2D eigenvalue weighted by molar-refractivity contribution is 5.89. The van der Waals surface area contributed by atoms with Crippen LogP contribution in [-0.2, 0) is 29.0 Å². The summed E-state index contributed by atoms with van der Waals surface area (Å²) in [6, 6.07) is 0. The Morgan fingerprint density at radius 1 is 1.58 bits per heavy atom. The van der Waals surface area contributed by atoms with E-state index in [1.807, 2.05) is 0 Å². The van der Waals surface area contributed by atoms with Crippen LogP contribution in [0.25, 0.3) is 0 Å². The van der Waals surface area contributed by atoms with Crippen LogP contribution in [0.2, 0.25) is 0 Å². The van der Waals surface area contributed by atoms with Gasteiger partial charge in [0.25, 0.3) is 0 Å². The Kier molecular flexibility index (Phi) is 4.16. The second kappa shape index (κ2) is 5.83. The lowest BCUT2D eigenvalue weighted by Crippen LogP contribution is -2.30. The molecule has 0 aromatic carbocycles. The fourth-order valence-electron chi connectivity index (χ4n) is 2.25. The molecular weight excluding hydrogens is 248 g/mol. The van der Waals surface area contributed by atoms with Crippen molar-refractivity contribution in [2.45, 2.75) is 26.4 Å². The number of nitrogens with two attached hydrogens (primary N) is 1. The summed E-state index contributed by atoms with van der Waals surface area (Å²) in [7, 11) is 0. The van der Waals surface area contributed by atoms with Gasteiger partial charge in [0.2, 0.25) is 6.41 Å². The molecular formula is C12H18N4O3. The van der Waals surface area contributed by atoms with Crippen molar-refractivity contribution in [3.05, 3.63) is 17.0 Å². The van der Waals surface area contributed by atoms with Gasteiger partial charge in [0.05, 0.1) is 18.8 Å². The Bertz CT molecular complexity index is 484. The van der Waals surface area contributed by atoms with Gasteiger partial charge in [-0.05, 0) is 6.92 Å². The third kappa shape index (κ3) is 2.60. The molecule has 2 heterocycles. The first kappa shape index (κ1) is 13.5. The molecule has 0 atom stereocenters. The summed E-state index contributed by atoms with van der Waals surface area (Å²) in [5, 5.41) is 4.41. The van der Waals surface area contributed by atoms with Gasteiger partial charge in [-0.15, -0.1) is 0 Å². The highest BCUT2D eigenvalue weighted by Crippen LogP contribution is 2.22. The fourth-order valence-corrected chi connectivity index (χ4v) is 2.25. The first-order valence-electron chi connectivity index (χ1n) is 6.36. The summed E-state index contributed by atoms with van der Waals surface area (Å²) in [5.41, 5.74) is 7.60. The quantitative estimate of drug-likeness (QED) is 0.575. The molecule has 0 unspecified atom stereocenters. The molecule has 1 aromatic rings. The molecule has 1 aromatic heterocycles. The van der Waals surface area contributed by atoms with E-state index in [-0.39, 0.29) is 0 Å². The zero-order valence-corrected chi connectivity index (χ0v) is 11.0. The normalized spacial score (nSPS) is 14.1. The van der Waals surface area contributed by atoms with Crippen LogP contribution >= 0.6 is 0 Å². The second-order valence-electron chi connectivity index (χ2n) is 4.33. The van der Waals surface area contributed by atoms with E-state index >= 15 is 0 Å². The molecule has 2 rings (SSSR count). The minimum absolute atomic E-state index is 0.304. The summed E-state index contributed by atoms with van der Waals surface area (Å²) < 4.78 is 6.66. The van der Waals surface area contributed by atoms with Crippen LogP contribution in [0.3, 0.4) is 0 Å². The standard InChI is InChI=1S/C12H18N4O3/c1-2-19-12(18)11-9-7-15(8-17)5-3-10(9)14-16(11)6-4-13/h8H,2-7,13H2,1H3. The van der Waals surface area contributed by atoms with E-state index in [1.165, 1.54) is 0 Å². The Balaban J connectivity index is 2.39. The van der Waals surface area contributed by atoms with Gasteiger partial charge in [0, 0.05) is 31.6 Å². The van der Waals surface area contributed by atoms with Crippen molar-refractivity contribution in [2.75, 3.05) is 19.7 Å². The van der Waals surface area contributed by atoms with Gasteiger partial charge in [-0.25, -0.2) is 4.79 Å². The monoisotopic (exact) mass is 266 g/mol. The first-order valence-corrected chi connectivity index (χ1v) is 6.36. The van der Waals surface area contributed by atoms with Gasteiger partial charge in [-0.2, -0.15) is 5.10 Å². The molecule has 1 aliphatic heterocycles. The molecule has 2 N–H and O–H groups in total. The average Bonchev–Trinajstić information content (AvgIpc) is 2.76. The van der Waals surface area contributed by atoms with E-state index in [0.717, 1.165) is 17.7 Å². The number of carbonyl (C=O) groups is 2. The van der Waals surface area contributed by atoms with Gasteiger partial charge in [0.1, 0.15) is 0 Å². The van der Waals surface area contributed by atoms with Crippen LogP contribution in [0.5, 0.6) is 0 Å². The number of hydrogen-bond donors (Lipinski definition) is 1. The van der Waals surface area contributed by atoms with Crippen LogP contribution in [0.4, 0.5) is 0 Å². The molecule has 0 bridgehead atoms. The van der Waals surface area contributed by atoms with Crippen molar-refractivity contribution < 1.29 is 14.3 Å². The summed E-state index contributed by atoms with van der Waals surface area (Å²) >= 11 is 0. The number of esters is 1. The maximum Gasteiger partial charge on any atom is 0.356 e. The van der Waals surface area contributed by atoms with E-state index in [4.69, 9.17) is 10.5 Å². The van der Waals surface area contributed by atoms with Crippen LogP contribution in [0.15, 0.2) is 0 Å². The maximum atomic E-state index is 12.0. The Morgan fingerprint density at radius 3 is 3.00 bits per heavy atom. The molecule has 0 saturated carbocycles. The molecule has 1 amide bonds. The summed E-state index contributed by atoms with van der Waals surface area (Å²) in [4.78, 5) is 24.5. The summed E-state index contributed by atoms with van der Waals surface area (Å²) in [6.45, 7) is 3.94. The Hall–Kier alpha value is -1.89. The predicted octanol–water partition coefficient (Wildman–Crippen LogP) is -0.467. The number of rotatable bonds is 5. The number of hydrogen-bond acceptors (Lipinski definition) is 5. The van der Waals surface area contributed by atoms with Gasteiger partial charge >= 0.3 is 5.97 Å². The average molecular weight is 266 g/mol. The molecule has 0 spiro atoms. The van der Waals surface area contributed by atoms with Crippen LogP contribution in [-0.4, -0.2) is 46.8 Å². The van der Waals surface area contributed by atoms with Crippen LogP contribution < -0.4 is 5.73 Å². The number of fused-ring (bicyclic) bond motifs is 1. The zero-order valence-electron chi connectivity index (χ0n) is 11.0. The SMILES string of the molecule is CCOC(=O)c1c2c(nn1CCN)CCN(C=O)C2. The lowest BCUT2D eigenvalue weighted by molar-refractivity contribution is -0.118. The molecule has 19 heavy (non-hydrogen) atoms. The molecule has 7 nitrogen and oxygen atoms in total. The van der Waals surface area contributed by atoms with Gasteiger partial charge < -0.3 is 15.4 Å². The van der Waals surface area contributed by atoms with Crippen molar-refractivity contribution in [1.29, 1.82) is 0 Å². The van der Waals surface area contributed by atoms with Gasteiger partial charge in [-0.3, -0.25) is 9.48 Å². The minimum Gasteiger partial charge on any atom is -0.461 e. The smallest absolute Gasteiger partial charge is 0.356 e. The highest BCUT2D eigenvalue weighted by Gasteiger charge is 2.28. The molecule has 104 valence electrons. The zero-order chi connectivity index (χ0) is 13.8. The summed E-state index contributed by atoms with van der Waals surface area (Å²) in [5.74, 6) is -0.405.